The van der Waals surface area contributed by atoms with Crippen molar-refractivity contribution in [2.24, 2.45) is 5.73 Å². The average Bonchev–Trinajstić information content (AvgIpc) is 2.03. The van der Waals surface area contributed by atoms with Gasteiger partial charge in [-0.25, -0.2) is 0 Å². The van der Waals surface area contributed by atoms with Crippen molar-refractivity contribution in [3.05, 3.63) is 29.8 Å². The largest absolute Gasteiger partial charge is 0.398 e. The van der Waals surface area contributed by atoms with Crippen molar-refractivity contribution in [1.29, 1.82) is 0 Å². The standard InChI is InChI=1S/C9H13N2/c1-2-9(11)7-4-3-5-8(10)6-7/h3-4,6,9H,2,10-11H2,1H3. The van der Waals surface area contributed by atoms with E-state index in [1.807, 2.05) is 12.1 Å². The van der Waals surface area contributed by atoms with Crippen LogP contribution >= 0.6 is 0 Å². The summed E-state index contributed by atoms with van der Waals surface area (Å²) in [4.78, 5) is 0. The van der Waals surface area contributed by atoms with Crippen LogP contribution in [-0.2, 0) is 0 Å². The van der Waals surface area contributed by atoms with Crippen molar-refractivity contribution < 1.29 is 0 Å². The Kier molecular flexibility index (Phi) is 2.49. The van der Waals surface area contributed by atoms with Crippen LogP contribution in [0.25, 0.3) is 0 Å². The molecule has 59 valence electrons. The number of nitrogen functional groups attached to an aromatic ring is 1. The van der Waals surface area contributed by atoms with Crippen LogP contribution in [0.3, 0.4) is 0 Å². The summed E-state index contributed by atoms with van der Waals surface area (Å²) in [7, 11) is 0. The minimum Gasteiger partial charge on any atom is -0.398 e. The van der Waals surface area contributed by atoms with Crippen LogP contribution in [-0.4, -0.2) is 0 Å². The molecule has 0 fully saturated rings. The first-order valence-electron chi connectivity index (χ1n) is 3.76. The molecule has 2 nitrogen and oxygen atoms in total. The van der Waals surface area contributed by atoms with Crippen LogP contribution in [0, 0.1) is 6.07 Å². The van der Waals surface area contributed by atoms with Gasteiger partial charge in [-0.1, -0.05) is 19.1 Å². The second kappa shape index (κ2) is 3.39. The lowest BCUT2D eigenvalue weighted by molar-refractivity contribution is 0.699. The molecule has 2 heteroatoms. The van der Waals surface area contributed by atoms with E-state index in [4.69, 9.17) is 11.5 Å². The summed E-state index contributed by atoms with van der Waals surface area (Å²) in [6, 6.07) is 8.60. The summed E-state index contributed by atoms with van der Waals surface area (Å²) in [5, 5.41) is 0. The maximum Gasteiger partial charge on any atom is 0.0397 e. The first-order chi connectivity index (χ1) is 5.24. The van der Waals surface area contributed by atoms with Crippen molar-refractivity contribution in [2.75, 3.05) is 5.73 Å². The van der Waals surface area contributed by atoms with Gasteiger partial charge >= 0.3 is 0 Å². The molecule has 1 rings (SSSR count). The highest BCUT2D eigenvalue weighted by Gasteiger charge is 2.01. The van der Waals surface area contributed by atoms with Crippen LogP contribution in [0.2, 0.25) is 0 Å². The van der Waals surface area contributed by atoms with Crippen molar-refractivity contribution in [3.63, 3.8) is 0 Å². The van der Waals surface area contributed by atoms with E-state index in [0.29, 0.717) is 5.69 Å². The van der Waals surface area contributed by atoms with E-state index in [0.717, 1.165) is 12.0 Å². The maximum absolute atomic E-state index is 5.79. The molecular formula is C9H13N2. The Bertz CT molecular complexity index is 233. The Morgan fingerprint density at radius 2 is 2.36 bits per heavy atom. The van der Waals surface area contributed by atoms with E-state index in [1.54, 1.807) is 6.07 Å². The van der Waals surface area contributed by atoms with Crippen LogP contribution in [0.15, 0.2) is 18.2 Å². The molecule has 0 saturated carbocycles. The van der Waals surface area contributed by atoms with Crippen molar-refractivity contribution in [1.82, 2.24) is 0 Å². The zero-order valence-electron chi connectivity index (χ0n) is 6.67. The summed E-state index contributed by atoms with van der Waals surface area (Å²) in [5.74, 6) is 0. The van der Waals surface area contributed by atoms with Gasteiger partial charge in [-0.2, -0.15) is 0 Å². The van der Waals surface area contributed by atoms with Crippen molar-refractivity contribution in [2.45, 2.75) is 19.4 Å². The molecule has 0 amide bonds. The zero-order chi connectivity index (χ0) is 8.27. The van der Waals surface area contributed by atoms with Gasteiger partial charge in [-0.05, 0) is 18.1 Å². The Hall–Kier alpha value is -1.02. The van der Waals surface area contributed by atoms with Gasteiger partial charge in [-0.15, -0.1) is 0 Å². The smallest absolute Gasteiger partial charge is 0.0397 e. The molecule has 1 atom stereocenters. The number of benzene rings is 1. The Morgan fingerprint density at radius 1 is 1.64 bits per heavy atom. The highest BCUT2D eigenvalue weighted by Crippen LogP contribution is 2.15. The topological polar surface area (TPSA) is 52.0 Å². The molecule has 1 aromatic rings. The molecule has 4 N–H and O–H groups in total. The molecule has 0 heterocycles. The quantitative estimate of drug-likeness (QED) is 0.626. The second-order valence-corrected chi connectivity index (χ2v) is 2.59. The van der Waals surface area contributed by atoms with Gasteiger partial charge in [-0.3, -0.25) is 0 Å². The van der Waals surface area contributed by atoms with Gasteiger partial charge in [0.2, 0.25) is 0 Å². The molecule has 1 unspecified atom stereocenters. The molecule has 0 aromatic heterocycles. The van der Waals surface area contributed by atoms with Crippen LogP contribution < -0.4 is 11.5 Å². The number of anilines is 1. The molecule has 1 aromatic carbocycles. The fourth-order valence-electron chi connectivity index (χ4n) is 0.970. The predicted molar refractivity (Wildman–Crippen MR) is 46.9 cm³/mol. The van der Waals surface area contributed by atoms with E-state index in [9.17, 15) is 0 Å². The molecular weight excluding hydrogens is 136 g/mol. The van der Waals surface area contributed by atoms with E-state index in [1.165, 1.54) is 0 Å². The third-order valence-electron chi connectivity index (χ3n) is 1.72. The monoisotopic (exact) mass is 149 g/mol. The minimum atomic E-state index is 0.104. The highest BCUT2D eigenvalue weighted by atomic mass is 14.6. The first kappa shape index (κ1) is 8.08. The first-order valence-corrected chi connectivity index (χ1v) is 3.76. The molecule has 1 radical (unpaired) electrons. The van der Waals surface area contributed by atoms with E-state index in [2.05, 4.69) is 13.0 Å². The lowest BCUT2D eigenvalue weighted by atomic mass is 10.1. The SMILES string of the molecule is CCC(N)c1cc[c]c(N)c1. The third-order valence-corrected chi connectivity index (χ3v) is 1.72. The second-order valence-electron chi connectivity index (χ2n) is 2.59. The number of nitrogens with two attached hydrogens (primary N) is 2. The lowest BCUT2D eigenvalue weighted by Crippen LogP contribution is -2.08. The molecule has 0 saturated heterocycles. The van der Waals surface area contributed by atoms with Gasteiger partial charge in [0.1, 0.15) is 0 Å². The third kappa shape index (κ3) is 1.95. The molecule has 0 spiro atoms. The van der Waals surface area contributed by atoms with Crippen LogP contribution in [0.4, 0.5) is 5.69 Å². The maximum atomic E-state index is 5.79. The van der Waals surface area contributed by atoms with E-state index in [-0.39, 0.29) is 6.04 Å². The zero-order valence-corrected chi connectivity index (χ0v) is 6.67. The predicted octanol–water partition coefficient (Wildman–Crippen LogP) is 1.48. The summed E-state index contributed by atoms with van der Waals surface area (Å²) in [6.45, 7) is 2.05. The summed E-state index contributed by atoms with van der Waals surface area (Å²) >= 11 is 0. The van der Waals surface area contributed by atoms with E-state index >= 15 is 0 Å². The molecule has 0 bridgehead atoms. The summed E-state index contributed by atoms with van der Waals surface area (Å²) < 4.78 is 0. The molecule has 11 heavy (non-hydrogen) atoms. The average molecular weight is 149 g/mol. The normalized spacial score (nSPS) is 12.9. The van der Waals surface area contributed by atoms with Gasteiger partial charge in [0, 0.05) is 17.8 Å². The van der Waals surface area contributed by atoms with Crippen molar-refractivity contribution >= 4 is 5.69 Å². The van der Waals surface area contributed by atoms with E-state index < -0.39 is 0 Å². The van der Waals surface area contributed by atoms with Crippen LogP contribution in [0.1, 0.15) is 24.9 Å². The minimum absolute atomic E-state index is 0.104. The fraction of sp³-hybridized carbons (Fsp3) is 0.333. The van der Waals surface area contributed by atoms with Crippen LogP contribution in [0.5, 0.6) is 0 Å². The van der Waals surface area contributed by atoms with Crippen molar-refractivity contribution in [3.8, 4) is 0 Å². The fourth-order valence-corrected chi connectivity index (χ4v) is 0.970. The summed E-state index contributed by atoms with van der Waals surface area (Å²) in [6.07, 6.45) is 0.934. The van der Waals surface area contributed by atoms with Gasteiger partial charge < -0.3 is 11.5 Å². The Labute approximate surface area is 67.2 Å². The number of hydrogen-bond donors (Lipinski definition) is 2. The van der Waals surface area contributed by atoms with Gasteiger partial charge in [0.25, 0.3) is 0 Å². The van der Waals surface area contributed by atoms with Gasteiger partial charge in [0.05, 0.1) is 0 Å². The van der Waals surface area contributed by atoms with Gasteiger partial charge in [0.15, 0.2) is 0 Å². The summed E-state index contributed by atoms with van der Waals surface area (Å²) in [5.41, 5.74) is 13.1. The molecule has 0 aliphatic heterocycles. The lowest BCUT2D eigenvalue weighted by Gasteiger charge is -2.08. The number of hydrogen-bond acceptors (Lipinski definition) is 2. The Balaban J connectivity index is 2.86. The molecule has 0 aliphatic carbocycles. The number of rotatable bonds is 2. The Morgan fingerprint density at radius 3 is 2.91 bits per heavy atom. The highest BCUT2D eigenvalue weighted by molar-refractivity contribution is 5.40. The molecule has 0 aliphatic rings.